The van der Waals surface area contributed by atoms with E-state index in [1.807, 2.05) is 20.1 Å². The summed E-state index contributed by atoms with van der Waals surface area (Å²) in [6.07, 6.45) is 2.41. The van der Waals surface area contributed by atoms with E-state index in [4.69, 9.17) is 0 Å². The molecule has 1 aromatic heterocycles. The molecule has 0 aliphatic heterocycles. The van der Waals surface area contributed by atoms with Crippen LogP contribution in [0.2, 0.25) is 0 Å². The van der Waals surface area contributed by atoms with Crippen molar-refractivity contribution in [3.05, 3.63) is 15.6 Å². The Kier molecular flexibility index (Phi) is 6.67. The highest BCUT2D eigenvalue weighted by molar-refractivity contribution is 7.98. The smallest absolute Gasteiger partial charge is 0.249 e. The standard InChI is InChI=1S/C12H20N2O2S2/c1-4-9-11(18-8(2)14-9)7-13-12(16)10(15)5-6-17-3/h10,15H,4-7H2,1-3H3,(H,13,16). The van der Waals surface area contributed by atoms with Gasteiger partial charge in [-0.25, -0.2) is 4.98 Å². The van der Waals surface area contributed by atoms with E-state index in [0.29, 0.717) is 13.0 Å². The van der Waals surface area contributed by atoms with E-state index in [1.54, 1.807) is 23.1 Å². The Morgan fingerprint density at radius 3 is 2.94 bits per heavy atom. The van der Waals surface area contributed by atoms with E-state index in [2.05, 4.69) is 10.3 Å². The van der Waals surface area contributed by atoms with Gasteiger partial charge in [-0.3, -0.25) is 4.79 Å². The van der Waals surface area contributed by atoms with Gasteiger partial charge in [0.05, 0.1) is 17.2 Å². The third kappa shape index (κ3) is 4.59. The van der Waals surface area contributed by atoms with Gasteiger partial charge in [-0.15, -0.1) is 11.3 Å². The highest BCUT2D eigenvalue weighted by Crippen LogP contribution is 2.18. The molecule has 0 aliphatic rings. The lowest BCUT2D eigenvalue weighted by Gasteiger charge is -2.10. The largest absolute Gasteiger partial charge is 0.383 e. The molecular weight excluding hydrogens is 268 g/mol. The number of carbonyl (C=O) groups excluding carboxylic acids is 1. The monoisotopic (exact) mass is 288 g/mol. The number of amides is 1. The molecule has 0 saturated heterocycles. The van der Waals surface area contributed by atoms with E-state index in [-0.39, 0.29) is 5.91 Å². The lowest BCUT2D eigenvalue weighted by atomic mass is 10.2. The first kappa shape index (κ1) is 15.5. The van der Waals surface area contributed by atoms with Crippen molar-refractivity contribution in [1.82, 2.24) is 10.3 Å². The summed E-state index contributed by atoms with van der Waals surface area (Å²) in [5.41, 5.74) is 1.04. The number of aliphatic hydroxyl groups is 1. The molecule has 1 aromatic rings. The van der Waals surface area contributed by atoms with Gasteiger partial charge in [0, 0.05) is 4.88 Å². The molecule has 0 radical (unpaired) electrons. The van der Waals surface area contributed by atoms with Gasteiger partial charge in [0.25, 0.3) is 0 Å². The number of nitrogens with zero attached hydrogens (tertiary/aromatic N) is 1. The highest BCUT2D eigenvalue weighted by Gasteiger charge is 2.15. The Hall–Kier alpha value is -0.590. The van der Waals surface area contributed by atoms with Gasteiger partial charge >= 0.3 is 0 Å². The lowest BCUT2D eigenvalue weighted by Crippen LogP contribution is -2.34. The fourth-order valence-corrected chi connectivity index (χ4v) is 3.00. The minimum absolute atomic E-state index is 0.294. The van der Waals surface area contributed by atoms with Crippen LogP contribution in [0.1, 0.15) is 28.9 Å². The number of hydrogen-bond acceptors (Lipinski definition) is 5. The molecule has 4 nitrogen and oxygen atoms in total. The average molecular weight is 288 g/mol. The van der Waals surface area contributed by atoms with Gasteiger partial charge in [0.2, 0.25) is 5.91 Å². The molecule has 1 amide bonds. The average Bonchev–Trinajstić information content (AvgIpc) is 2.73. The van der Waals surface area contributed by atoms with Crippen LogP contribution in [0.15, 0.2) is 0 Å². The third-order valence-electron chi connectivity index (χ3n) is 2.54. The summed E-state index contributed by atoms with van der Waals surface area (Å²) in [7, 11) is 0. The van der Waals surface area contributed by atoms with E-state index in [9.17, 15) is 9.90 Å². The summed E-state index contributed by atoms with van der Waals surface area (Å²) >= 11 is 3.22. The van der Waals surface area contributed by atoms with E-state index < -0.39 is 6.10 Å². The zero-order valence-electron chi connectivity index (χ0n) is 11.0. The van der Waals surface area contributed by atoms with E-state index in [1.165, 1.54) is 0 Å². The molecule has 1 atom stereocenters. The number of aromatic nitrogens is 1. The first-order chi connectivity index (χ1) is 8.58. The molecule has 0 spiro atoms. The Bertz CT molecular complexity index is 393. The topological polar surface area (TPSA) is 62.2 Å². The van der Waals surface area contributed by atoms with Crippen LogP contribution in [0.3, 0.4) is 0 Å². The predicted molar refractivity (Wildman–Crippen MR) is 77.1 cm³/mol. The van der Waals surface area contributed by atoms with Gasteiger partial charge < -0.3 is 10.4 Å². The summed E-state index contributed by atoms with van der Waals surface area (Å²) in [4.78, 5) is 17.1. The van der Waals surface area contributed by atoms with Crippen molar-refractivity contribution in [3.63, 3.8) is 0 Å². The molecule has 18 heavy (non-hydrogen) atoms. The first-order valence-corrected chi connectivity index (χ1v) is 8.19. The third-order valence-corrected chi connectivity index (χ3v) is 4.20. The van der Waals surface area contributed by atoms with Crippen molar-refractivity contribution in [2.45, 2.75) is 39.3 Å². The molecular formula is C12H20N2O2S2. The fraction of sp³-hybridized carbons (Fsp3) is 0.667. The van der Waals surface area contributed by atoms with E-state index in [0.717, 1.165) is 27.8 Å². The minimum Gasteiger partial charge on any atom is -0.383 e. The number of rotatable bonds is 7. The maximum Gasteiger partial charge on any atom is 0.249 e. The van der Waals surface area contributed by atoms with E-state index >= 15 is 0 Å². The van der Waals surface area contributed by atoms with Crippen LogP contribution in [0.4, 0.5) is 0 Å². The zero-order valence-corrected chi connectivity index (χ0v) is 12.7. The van der Waals surface area contributed by atoms with Crippen molar-refractivity contribution in [2.24, 2.45) is 0 Å². The first-order valence-electron chi connectivity index (χ1n) is 5.98. The molecule has 1 rings (SSSR count). The molecule has 0 fully saturated rings. The van der Waals surface area contributed by atoms with Crippen LogP contribution in [-0.2, 0) is 17.8 Å². The fourth-order valence-electron chi connectivity index (χ4n) is 1.57. The second-order valence-electron chi connectivity index (χ2n) is 3.97. The Balaban J connectivity index is 2.46. The molecule has 1 unspecified atom stereocenters. The Labute approximate surface area is 116 Å². The molecule has 0 saturated carbocycles. The molecule has 0 bridgehead atoms. The van der Waals surface area contributed by atoms with Gasteiger partial charge in [-0.2, -0.15) is 11.8 Å². The van der Waals surface area contributed by atoms with Crippen LogP contribution < -0.4 is 5.32 Å². The van der Waals surface area contributed by atoms with Crippen molar-refractivity contribution >= 4 is 29.0 Å². The number of carbonyl (C=O) groups is 1. The second kappa shape index (κ2) is 7.76. The van der Waals surface area contributed by atoms with Crippen molar-refractivity contribution < 1.29 is 9.90 Å². The molecule has 102 valence electrons. The molecule has 0 aliphatic carbocycles. The second-order valence-corrected chi connectivity index (χ2v) is 6.24. The summed E-state index contributed by atoms with van der Waals surface area (Å²) in [5, 5.41) is 13.4. The van der Waals surface area contributed by atoms with Gasteiger partial charge in [0.15, 0.2) is 0 Å². The number of nitrogens with one attached hydrogen (secondary N) is 1. The van der Waals surface area contributed by atoms with Crippen LogP contribution in [0.5, 0.6) is 0 Å². The number of hydrogen-bond donors (Lipinski definition) is 2. The van der Waals surface area contributed by atoms with Crippen molar-refractivity contribution in [3.8, 4) is 0 Å². The Morgan fingerprint density at radius 1 is 1.61 bits per heavy atom. The van der Waals surface area contributed by atoms with Gasteiger partial charge in [-0.05, 0) is 31.8 Å². The number of aliphatic hydroxyl groups excluding tert-OH is 1. The summed E-state index contributed by atoms with van der Waals surface area (Å²) < 4.78 is 0. The van der Waals surface area contributed by atoms with Crippen LogP contribution >= 0.6 is 23.1 Å². The van der Waals surface area contributed by atoms with Crippen LogP contribution in [0, 0.1) is 6.92 Å². The lowest BCUT2D eigenvalue weighted by molar-refractivity contribution is -0.129. The Morgan fingerprint density at radius 2 is 2.33 bits per heavy atom. The predicted octanol–water partition coefficient (Wildman–Crippen LogP) is 1.74. The number of thioether (sulfide) groups is 1. The van der Waals surface area contributed by atoms with Crippen LogP contribution in [-0.4, -0.2) is 34.1 Å². The molecule has 2 N–H and O–H groups in total. The van der Waals surface area contributed by atoms with Crippen LogP contribution in [0.25, 0.3) is 0 Å². The van der Waals surface area contributed by atoms with Crippen molar-refractivity contribution in [1.29, 1.82) is 0 Å². The number of aryl methyl sites for hydroxylation is 2. The van der Waals surface area contributed by atoms with Gasteiger partial charge in [-0.1, -0.05) is 6.92 Å². The highest BCUT2D eigenvalue weighted by atomic mass is 32.2. The minimum atomic E-state index is -0.906. The normalized spacial score (nSPS) is 12.4. The van der Waals surface area contributed by atoms with Crippen molar-refractivity contribution in [2.75, 3.05) is 12.0 Å². The molecule has 0 aromatic carbocycles. The maximum absolute atomic E-state index is 11.6. The number of thiazole rings is 1. The quantitative estimate of drug-likeness (QED) is 0.802. The zero-order chi connectivity index (χ0) is 13.5. The summed E-state index contributed by atoms with van der Waals surface area (Å²) in [6, 6.07) is 0. The maximum atomic E-state index is 11.6. The molecule has 6 heteroatoms. The van der Waals surface area contributed by atoms with Gasteiger partial charge in [0.1, 0.15) is 6.10 Å². The summed E-state index contributed by atoms with van der Waals surface area (Å²) in [6.45, 7) is 4.47. The SMILES string of the molecule is CCc1nc(C)sc1CNC(=O)C(O)CCSC. The molecule has 1 heterocycles. The summed E-state index contributed by atoms with van der Waals surface area (Å²) in [5.74, 6) is 0.492.